The Morgan fingerprint density at radius 2 is 0.769 bits per heavy atom. The summed E-state index contributed by atoms with van der Waals surface area (Å²) in [6.45, 7) is 0. The minimum atomic E-state index is 1.35. The van der Waals surface area contributed by atoms with E-state index in [4.69, 9.17) is 0 Å². The van der Waals surface area contributed by atoms with Crippen molar-refractivity contribution in [3.8, 4) is 0 Å². The molecule has 0 amide bonds. The predicted octanol–water partition coefficient (Wildman–Crippen LogP) is 7.51. The van der Waals surface area contributed by atoms with Crippen LogP contribution in [0.4, 0.5) is 0 Å². The molecule has 8 rings (SSSR count). The Kier molecular flexibility index (Phi) is 1.66. The summed E-state index contributed by atoms with van der Waals surface area (Å²) in [5.41, 5.74) is 0. The summed E-state index contributed by atoms with van der Waals surface area (Å²) in [6, 6.07) is 27.5. The zero-order valence-corrected chi connectivity index (χ0v) is 13.9. The molecule has 0 fully saturated rings. The molecule has 0 saturated heterocycles. The monoisotopic (exact) mass is 324 g/mol. The fourth-order valence-corrected chi connectivity index (χ4v) is 5.69. The third-order valence-corrected chi connectivity index (χ3v) is 6.62. The highest BCUT2D eigenvalue weighted by molar-refractivity contribution is 6.49. The highest BCUT2D eigenvalue weighted by atomic mass is 14.3. The molecule has 8 aromatic carbocycles. The van der Waals surface area contributed by atoms with Gasteiger partial charge in [0.25, 0.3) is 0 Å². The first-order chi connectivity index (χ1) is 12.9. The fourth-order valence-electron chi connectivity index (χ4n) is 5.69. The average molecular weight is 324 g/mol. The van der Waals surface area contributed by atoms with Gasteiger partial charge in [-0.1, -0.05) is 60.7 Å². The normalized spacial score (nSPS) is 13.4. The van der Waals surface area contributed by atoms with Gasteiger partial charge in [0.1, 0.15) is 0 Å². The minimum Gasteiger partial charge on any atom is -0.0610 e. The highest BCUT2D eigenvalue weighted by Gasteiger charge is 2.23. The Balaban J connectivity index is 1.94. The summed E-state index contributed by atoms with van der Waals surface area (Å²) in [5.74, 6) is 0. The lowest BCUT2D eigenvalue weighted by atomic mass is 9.96. The second-order valence-electron chi connectivity index (χ2n) is 7.73. The molecule has 0 atom stereocenters. The van der Waals surface area contributed by atoms with E-state index >= 15 is 0 Å². The number of fused-ring (bicyclic) bond motifs is 2. The lowest BCUT2D eigenvalue weighted by molar-refractivity contribution is 1.86. The van der Waals surface area contributed by atoms with Crippen LogP contribution in [0.1, 0.15) is 0 Å². The van der Waals surface area contributed by atoms with E-state index in [2.05, 4.69) is 72.8 Å². The molecule has 0 nitrogen and oxygen atoms in total. The van der Waals surface area contributed by atoms with E-state index in [0.717, 1.165) is 0 Å². The molecule has 0 bridgehead atoms. The molecule has 26 heavy (non-hydrogen) atoms. The molecule has 116 valence electrons. The molecule has 0 saturated carbocycles. The zero-order valence-electron chi connectivity index (χ0n) is 13.9. The third-order valence-electron chi connectivity index (χ3n) is 6.62. The lowest BCUT2D eigenvalue weighted by Crippen LogP contribution is -1.78. The molecule has 0 spiro atoms. The lowest BCUT2D eigenvalue weighted by Gasteiger charge is -2.07. The predicted molar refractivity (Wildman–Crippen MR) is 114 cm³/mol. The maximum absolute atomic E-state index is 2.43. The molecule has 0 aromatic heterocycles. The zero-order chi connectivity index (χ0) is 16.6. The van der Waals surface area contributed by atoms with Crippen molar-refractivity contribution in [2.75, 3.05) is 0 Å². The molecular weight excluding hydrogens is 312 g/mol. The van der Waals surface area contributed by atoms with Crippen LogP contribution in [0.5, 0.6) is 0 Å². The van der Waals surface area contributed by atoms with Crippen molar-refractivity contribution in [1.82, 2.24) is 0 Å². The van der Waals surface area contributed by atoms with Gasteiger partial charge in [0.05, 0.1) is 0 Å². The first kappa shape index (κ1) is 12.1. The first-order valence-electron chi connectivity index (χ1n) is 9.21. The van der Waals surface area contributed by atoms with E-state index in [1.54, 1.807) is 0 Å². The smallest absolute Gasteiger partial charge is 0.000719 e. The van der Waals surface area contributed by atoms with Crippen LogP contribution in [0, 0.1) is 0 Å². The summed E-state index contributed by atoms with van der Waals surface area (Å²) >= 11 is 0. The van der Waals surface area contributed by atoms with Gasteiger partial charge in [-0.25, -0.2) is 0 Å². The van der Waals surface area contributed by atoms with Crippen LogP contribution in [0.15, 0.2) is 72.8 Å². The number of hydrogen-bond donors (Lipinski definition) is 0. The molecule has 0 aliphatic rings. The van der Waals surface area contributed by atoms with E-state index in [1.807, 2.05) is 0 Å². The first-order valence-corrected chi connectivity index (χ1v) is 9.21. The molecule has 0 aliphatic heterocycles. The average Bonchev–Trinajstić information content (AvgIpc) is 3.20. The summed E-state index contributed by atoms with van der Waals surface area (Å²) < 4.78 is 0. The highest BCUT2D eigenvalue weighted by Crippen LogP contribution is 2.52. The van der Waals surface area contributed by atoms with Crippen LogP contribution in [0.3, 0.4) is 0 Å². The van der Waals surface area contributed by atoms with E-state index in [-0.39, 0.29) is 0 Å². The standard InChI is InChI=1S/C26H12/c1-3-13-7-9-15-12-20-18-6-2-4-14-8-10-16-11-19-17(5-1)21(13)23(15)25(19)26(20)24(16)22(14)18/h1-12H. The van der Waals surface area contributed by atoms with Gasteiger partial charge in [-0.3, -0.25) is 0 Å². The van der Waals surface area contributed by atoms with Crippen LogP contribution >= 0.6 is 0 Å². The maximum Gasteiger partial charge on any atom is -0.000719 e. The van der Waals surface area contributed by atoms with Crippen molar-refractivity contribution in [3.63, 3.8) is 0 Å². The molecule has 0 heterocycles. The van der Waals surface area contributed by atoms with Crippen molar-refractivity contribution in [2.45, 2.75) is 0 Å². The summed E-state index contributed by atoms with van der Waals surface area (Å²) in [6.07, 6.45) is 0. The molecule has 0 N–H and O–H groups in total. The van der Waals surface area contributed by atoms with Crippen LogP contribution in [-0.4, -0.2) is 0 Å². The largest absolute Gasteiger partial charge is 0.0610 e. The van der Waals surface area contributed by atoms with Gasteiger partial charge < -0.3 is 0 Å². The van der Waals surface area contributed by atoms with Gasteiger partial charge in [0, 0.05) is 0 Å². The van der Waals surface area contributed by atoms with Gasteiger partial charge >= 0.3 is 0 Å². The molecule has 0 unspecified atom stereocenters. The van der Waals surface area contributed by atoms with Crippen LogP contribution in [-0.2, 0) is 0 Å². The molecular formula is C26H12. The number of rotatable bonds is 0. The van der Waals surface area contributed by atoms with Crippen molar-refractivity contribution < 1.29 is 0 Å². The second-order valence-corrected chi connectivity index (χ2v) is 7.73. The van der Waals surface area contributed by atoms with Gasteiger partial charge in [-0.05, 0) is 87.5 Å². The summed E-state index contributed by atoms with van der Waals surface area (Å²) in [5, 5.41) is 19.8. The van der Waals surface area contributed by atoms with E-state index < -0.39 is 0 Å². The second kappa shape index (κ2) is 3.59. The molecule has 0 aliphatic carbocycles. The quantitative estimate of drug-likeness (QED) is 0.253. The molecule has 8 aromatic rings. The van der Waals surface area contributed by atoms with E-state index in [9.17, 15) is 0 Å². The molecule has 0 heteroatoms. The van der Waals surface area contributed by atoms with Gasteiger partial charge in [-0.2, -0.15) is 0 Å². The Morgan fingerprint density at radius 1 is 0.308 bits per heavy atom. The van der Waals surface area contributed by atoms with Crippen LogP contribution < -0.4 is 0 Å². The summed E-state index contributed by atoms with van der Waals surface area (Å²) in [7, 11) is 0. The van der Waals surface area contributed by atoms with Crippen molar-refractivity contribution >= 4 is 75.4 Å². The Bertz CT molecular complexity index is 1630. The van der Waals surface area contributed by atoms with E-state index in [1.165, 1.54) is 75.4 Å². The Labute approximate surface area is 148 Å². The Morgan fingerprint density at radius 3 is 1.27 bits per heavy atom. The van der Waals surface area contributed by atoms with E-state index in [0.29, 0.717) is 0 Å². The van der Waals surface area contributed by atoms with Crippen molar-refractivity contribution in [3.05, 3.63) is 72.8 Å². The molecule has 0 radical (unpaired) electrons. The van der Waals surface area contributed by atoms with Crippen LogP contribution in [0.25, 0.3) is 75.4 Å². The summed E-state index contributed by atoms with van der Waals surface area (Å²) in [4.78, 5) is 0. The minimum absolute atomic E-state index is 1.35. The van der Waals surface area contributed by atoms with Crippen molar-refractivity contribution in [2.24, 2.45) is 0 Å². The van der Waals surface area contributed by atoms with Crippen LogP contribution in [0.2, 0.25) is 0 Å². The Hall–Kier alpha value is -3.38. The number of benzene rings is 6. The SMILES string of the molecule is c1cc2ccc3cc4c5cccc6ccc7cc8c(c1)c2c3c8c4c7c65. The maximum atomic E-state index is 2.43. The fraction of sp³-hybridized carbons (Fsp3) is 0. The topological polar surface area (TPSA) is 0 Å². The van der Waals surface area contributed by atoms with Crippen molar-refractivity contribution in [1.29, 1.82) is 0 Å². The van der Waals surface area contributed by atoms with Gasteiger partial charge in [-0.15, -0.1) is 0 Å². The van der Waals surface area contributed by atoms with Gasteiger partial charge in [0.15, 0.2) is 0 Å². The van der Waals surface area contributed by atoms with Gasteiger partial charge in [0.2, 0.25) is 0 Å². The number of hydrogen-bond acceptors (Lipinski definition) is 0. The third kappa shape index (κ3) is 1.06.